The molecule has 1 aromatic carbocycles. The van der Waals surface area contributed by atoms with Crippen LogP contribution >= 0.6 is 11.6 Å². The van der Waals surface area contributed by atoms with Crippen LogP contribution < -0.4 is 0 Å². The quantitative estimate of drug-likeness (QED) is 0.721. The summed E-state index contributed by atoms with van der Waals surface area (Å²) < 4.78 is 6.26. The van der Waals surface area contributed by atoms with Crippen LogP contribution in [0.5, 0.6) is 0 Å². The van der Waals surface area contributed by atoms with Crippen LogP contribution in [0.1, 0.15) is 28.8 Å². The lowest BCUT2D eigenvalue weighted by atomic mass is 10.2. The Morgan fingerprint density at radius 3 is 2.79 bits per heavy atom. The molecule has 0 saturated heterocycles. The molecule has 6 nitrogen and oxygen atoms in total. The smallest absolute Gasteiger partial charge is 0.305 e. The summed E-state index contributed by atoms with van der Waals surface area (Å²) in [5.41, 5.74) is 1.44. The molecular weight excluding hydrogens is 330 g/mol. The fraction of sp³-hybridized carbons (Fsp3) is 0.353. The highest BCUT2D eigenvalue weighted by atomic mass is 35.5. The molecule has 2 rings (SSSR count). The Bertz CT molecular complexity index is 715. The van der Waals surface area contributed by atoms with Gasteiger partial charge in [-0.25, -0.2) is 0 Å². The zero-order chi connectivity index (χ0) is 17.5. The van der Waals surface area contributed by atoms with Gasteiger partial charge in [0, 0.05) is 31.2 Å². The SMILES string of the molecule is COC(=O)CCCN(C)C(=O)c1cnn(Cc2ccccc2Cl)c1. The lowest BCUT2D eigenvalue weighted by Crippen LogP contribution is -2.27. The highest BCUT2D eigenvalue weighted by Gasteiger charge is 2.14. The van der Waals surface area contributed by atoms with E-state index >= 15 is 0 Å². The Kier molecular flexibility index (Phi) is 6.37. The zero-order valence-electron chi connectivity index (χ0n) is 13.7. The molecule has 128 valence electrons. The molecule has 24 heavy (non-hydrogen) atoms. The van der Waals surface area contributed by atoms with Gasteiger partial charge in [0.1, 0.15) is 0 Å². The first-order chi connectivity index (χ1) is 11.5. The number of aromatic nitrogens is 2. The first kappa shape index (κ1) is 18.0. The summed E-state index contributed by atoms with van der Waals surface area (Å²) in [6.07, 6.45) is 4.08. The number of hydrogen-bond donors (Lipinski definition) is 0. The van der Waals surface area contributed by atoms with Crippen molar-refractivity contribution in [1.29, 1.82) is 0 Å². The summed E-state index contributed by atoms with van der Waals surface area (Å²) in [5.74, 6) is -0.409. The van der Waals surface area contributed by atoms with E-state index < -0.39 is 0 Å². The van der Waals surface area contributed by atoms with Gasteiger partial charge in [-0.3, -0.25) is 14.3 Å². The van der Waals surface area contributed by atoms with Crippen LogP contribution in [-0.2, 0) is 16.1 Å². The van der Waals surface area contributed by atoms with Crippen LogP contribution in [0.2, 0.25) is 5.02 Å². The minimum atomic E-state index is -0.275. The number of carbonyl (C=O) groups is 2. The van der Waals surface area contributed by atoms with Crippen molar-refractivity contribution in [2.45, 2.75) is 19.4 Å². The summed E-state index contributed by atoms with van der Waals surface area (Å²) in [7, 11) is 3.05. The van der Waals surface area contributed by atoms with Gasteiger partial charge in [-0.1, -0.05) is 29.8 Å². The predicted octanol–water partition coefficient (Wildman–Crippen LogP) is 2.61. The van der Waals surface area contributed by atoms with E-state index in [-0.39, 0.29) is 11.9 Å². The average Bonchev–Trinajstić information content (AvgIpc) is 3.04. The number of esters is 1. The molecule has 1 aromatic heterocycles. The molecule has 0 saturated carbocycles. The Balaban J connectivity index is 1.93. The van der Waals surface area contributed by atoms with E-state index in [9.17, 15) is 9.59 Å². The highest BCUT2D eigenvalue weighted by Crippen LogP contribution is 2.16. The number of halogens is 1. The normalized spacial score (nSPS) is 10.5. The number of nitrogens with zero attached hydrogens (tertiary/aromatic N) is 3. The second kappa shape index (κ2) is 8.49. The summed E-state index contributed by atoms with van der Waals surface area (Å²) in [6.45, 7) is 0.975. The van der Waals surface area contributed by atoms with E-state index in [0.717, 1.165) is 5.56 Å². The van der Waals surface area contributed by atoms with Gasteiger partial charge in [-0.05, 0) is 18.1 Å². The second-order valence-electron chi connectivity index (χ2n) is 5.42. The van der Waals surface area contributed by atoms with E-state index in [1.165, 1.54) is 13.3 Å². The van der Waals surface area contributed by atoms with Gasteiger partial charge in [-0.2, -0.15) is 5.10 Å². The maximum Gasteiger partial charge on any atom is 0.305 e. The Labute approximate surface area is 146 Å². The van der Waals surface area contributed by atoms with Crippen molar-refractivity contribution in [2.75, 3.05) is 20.7 Å². The number of methoxy groups -OCH3 is 1. The largest absolute Gasteiger partial charge is 0.469 e. The van der Waals surface area contributed by atoms with E-state index in [2.05, 4.69) is 9.84 Å². The number of amides is 1. The van der Waals surface area contributed by atoms with Crippen molar-refractivity contribution in [3.05, 3.63) is 52.8 Å². The maximum absolute atomic E-state index is 12.4. The molecule has 0 atom stereocenters. The van der Waals surface area contributed by atoms with Crippen LogP contribution in [0.4, 0.5) is 0 Å². The third-order valence-corrected chi connectivity index (χ3v) is 3.99. The molecule has 0 unspecified atom stereocenters. The summed E-state index contributed by atoms with van der Waals surface area (Å²) in [4.78, 5) is 25.0. The van der Waals surface area contributed by atoms with Gasteiger partial charge in [0.25, 0.3) is 5.91 Å². The molecule has 7 heteroatoms. The van der Waals surface area contributed by atoms with Crippen molar-refractivity contribution < 1.29 is 14.3 Å². The second-order valence-corrected chi connectivity index (χ2v) is 5.83. The topological polar surface area (TPSA) is 64.4 Å². The number of hydrogen-bond acceptors (Lipinski definition) is 4. The lowest BCUT2D eigenvalue weighted by molar-refractivity contribution is -0.140. The predicted molar refractivity (Wildman–Crippen MR) is 91.0 cm³/mol. The molecule has 0 N–H and O–H groups in total. The molecule has 0 radical (unpaired) electrons. The minimum absolute atomic E-state index is 0.134. The van der Waals surface area contributed by atoms with Gasteiger partial charge in [0.15, 0.2) is 0 Å². The zero-order valence-corrected chi connectivity index (χ0v) is 14.5. The van der Waals surface area contributed by atoms with Gasteiger partial charge >= 0.3 is 5.97 Å². The number of rotatable bonds is 7. The third-order valence-electron chi connectivity index (χ3n) is 3.62. The average molecular weight is 350 g/mol. The van der Waals surface area contributed by atoms with Crippen LogP contribution in [0.15, 0.2) is 36.7 Å². The monoisotopic (exact) mass is 349 g/mol. The van der Waals surface area contributed by atoms with Crippen molar-refractivity contribution >= 4 is 23.5 Å². The summed E-state index contributed by atoms with van der Waals surface area (Å²) >= 11 is 6.13. The molecule has 0 fully saturated rings. The fourth-order valence-electron chi connectivity index (χ4n) is 2.25. The Morgan fingerprint density at radius 1 is 1.33 bits per heavy atom. The van der Waals surface area contributed by atoms with Crippen LogP contribution in [0.3, 0.4) is 0 Å². The lowest BCUT2D eigenvalue weighted by Gasteiger charge is -2.15. The molecule has 0 aliphatic heterocycles. The summed E-state index contributed by atoms with van der Waals surface area (Å²) in [6, 6.07) is 7.52. The van der Waals surface area contributed by atoms with Crippen molar-refractivity contribution in [1.82, 2.24) is 14.7 Å². The van der Waals surface area contributed by atoms with Gasteiger partial charge in [0.05, 0.1) is 25.4 Å². The standard InChI is InChI=1S/C17H20ClN3O3/c1-20(9-5-8-16(22)24-2)17(23)14-10-19-21(12-14)11-13-6-3-4-7-15(13)18/h3-4,6-7,10,12H,5,8-9,11H2,1-2H3. The van der Waals surface area contributed by atoms with E-state index in [1.54, 1.807) is 22.8 Å². The van der Waals surface area contributed by atoms with Crippen molar-refractivity contribution in [3.63, 3.8) is 0 Å². The van der Waals surface area contributed by atoms with Crippen molar-refractivity contribution in [3.8, 4) is 0 Å². The van der Waals surface area contributed by atoms with E-state index in [4.69, 9.17) is 11.6 Å². The first-order valence-electron chi connectivity index (χ1n) is 7.59. The molecule has 0 aliphatic carbocycles. The van der Waals surface area contributed by atoms with Crippen LogP contribution in [-0.4, -0.2) is 47.3 Å². The molecule has 0 aliphatic rings. The minimum Gasteiger partial charge on any atom is -0.469 e. The van der Waals surface area contributed by atoms with Gasteiger partial charge in [-0.15, -0.1) is 0 Å². The highest BCUT2D eigenvalue weighted by molar-refractivity contribution is 6.31. The van der Waals surface area contributed by atoms with E-state index in [0.29, 0.717) is 36.5 Å². The Morgan fingerprint density at radius 2 is 2.08 bits per heavy atom. The first-order valence-corrected chi connectivity index (χ1v) is 7.97. The number of benzene rings is 1. The van der Waals surface area contributed by atoms with E-state index in [1.807, 2.05) is 24.3 Å². The molecular formula is C17H20ClN3O3. The molecule has 0 spiro atoms. The van der Waals surface area contributed by atoms with Gasteiger partial charge < -0.3 is 9.64 Å². The molecule has 0 bridgehead atoms. The summed E-state index contributed by atoms with van der Waals surface area (Å²) in [5, 5.41) is 4.88. The number of ether oxygens (including phenoxy) is 1. The van der Waals surface area contributed by atoms with Crippen molar-refractivity contribution in [2.24, 2.45) is 0 Å². The van der Waals surface area contributed by atoms with Crippen LogP contribution in [0.25, 0.3) is 0 Å². The molecule has 2 aromatic rings. The van der Waals surface area contributed by atoms with Gasteiger partial charge in [0.2, 0.25) is 0 Å². The number of carbonyl (C=O) groups excluding carboxylic acids is 2. The third kappa shape index (κ3) is 4.83. The molecule has 1 heterocycles. The fourth-order valence-corrected chi connectivity index (χ4v) is 2.44. The maximum atomic E-state index is 12.4. The van der Waals surface area contributed by atoms with Crippen LogP contribution in [0, 0.1) is 0 Å². The molecule has 1 amide bonds. The Hall–Kier alpha value is -2.34.